The van der Waals surface area contributed by atoms with Crippen LogP contribution >= 0.6 is 0 Å². The number of aliphatic hydroxyl groups excluding tert-OH is 1. The highest BCUT2D eigenvalue weighted by molar-refractivity contribution is 4.89. The molecule has 2 rings (SSSR count). The number of hydrogen-bond acceptors (Lipinski definition) is 3. The van der Waals surface area contributed by atoms with E-state index in [2.05, 4.69) is 25.7 Å². The summed E-state index contributed by atoms with van der Waals surface area (Å²) in [6.45, 7) is 10.3. The van der Waals surface area contributed by atoms with Gasteiger partial charge >= 0.3 is 0 Å². The molecule has 2 fully saturated rings. The predicted molar refractivity (Wildman–Crippen MR) is 79.9 cm³/mol. The van der Waals surface area contributed by atoms with Gasteiger partial charge in [0.1, 0.15) is 0 Å². The molecule has 3 atom stereocenters. The summed E-state index contributed by atoms with van der Waals surface area (Å²) >= 11 is 0. The van der Waals surface area contributed by atoms with E-state index in [1.165, 1.54) is 19.3 Å². The molecule has 112 valence electrons. The van der Waals surface area contributed by atoms with Crippen molar-refractivity contribution in [3.63, 3.8) is 0 Å². The predicted octanol–water partition coefficient (Wildman–Crippen LogP) is 2.23. The van der Waals surface area contributed by atoms with Crippen LogP contribution in [0.2, 0.25) is 0 Å². The SMILES string of the molecule is CC(C)(C)C1CCC(N)C(CN2CCC(O)CC2)C1. The number of nitrogens with zero attached hydrogens (tertiary/aromatic N) is 1. The van der Waals surface area contributed by atoms with Crippen LogP contribution in [-0.2, 0) is 0 Å². The first-order valence-corrected chi connectivity index (χ1v) is 8.02. The molecular weight excluding hydrogens is 236 g/mol. The second-order valence-electron chi connectivity index (χ2n) is 7.83. The molecule has 1 aliphatic heterocycles. The van der Waals surface area contributed by atoms with Crippen LogP contribution in [0, 0.1) is 17.3 Å². The average Bonchev–Trinajstić information content (AvgIpc) is 2.33. The molecule has 0 spiro atoms. The smallest absolute Gasteiger partial charge is 0.0564 e. The molecule has 0 aromatic rings. The summed E-state index contributed by atoms with van der Waals surface area (Å²) < 4.78 is 0. The maximum atomic E-state index is 9.58. The number of piperidine rings is 1. The summed E-state index contributed by atoms with van der Waals surface area (Å²) in [4.78, 5) is 2.52. The van der Waals surface area contributed by atoms with Crippen molar-refractivity contribution in [2.24, 2.45) is 23.0 Å². The summed E-state index contributed by atoms with van der Waals surface area (Å²) in [6.07, 6.45) is 5.56. The van der Waals surface area contributed by atoms with Gasteiger partial charge in [0.05, 0.1) is 6.10 Å². The van der Waals surface area contributed by atoms with Crippen LogP contribution in [0.4, 0.5) is 0 Å². The fraction of sp³-hybridized carbons (Fsp3) is 1.00. The van der Waals surface area contributed by atoms with Gasteiger partial charge in [-0.3, -0.25) is 0 Å². The van der Waals surface area contributed by atoms with E-state index >= 15 is 0 Å². The first-order valence-electron chi connectivity index (χ1n) is 8.02. The summed E-state index contributed by atoms with van der Waals surface area (Å²) in [5.74, 6) is 1.46. The molecule has 0 aromatic heterocycles. The first-order chi connectivity index (χ1) is 8.86. The first kappa shape index (κ1) is 15.3. The summed E-state index contributed by atoms with van der Waals surface area (Å²) in [5.41, 5.74) is 6.77. The van der Waals surface area contributed by atoms with Gasteiger partial charge in [0, 0.05) is 25.7 Å². The minimum absolute atomic E-state index is 0.0707. The van der Waals surface area contributed by atoms with Crippen molar-refractivity contribution in [1.82, 2.24) is 4.90 Å². The minimum Gasteiger partial charge on any atom is -0.393 e. The molecule has 2 aliphatic rings. The van der Waals surface area contributed by atoms with E-state index in [-0.39, 0.29) is 6.10 Å². The Bertz CT molecular complexity index is 279. The highest BCUT2D eigenvalue weighted by atomic mass is 16.3. The minimum atomic E-state index is -0.0707. The average molecular weight is 268 g/mol. The molecule has 0 bridgehead atoms. The van der Waals surface area contributed by atoms with Gasteiger partial charge in [-0.2, -0.15) is 0 Å². The lowest BCUT2D eigenvalue weighted by molar-refractivity contribution is 0.0538. The number of rotatable bonds is 2. The van der Waals surface area contributed by atoms with Gasteiger partial charge in [-0.25, -0.2) is 0 Å². The van der Waals surface area contributed by atoms with Crippen molar-refractivity contribution >= 4 is 0 Å². The lowest BCUT2D eigenvalue weighted by Gasteiger charge is -2.43. The molecule has 3 nitrogen and oxygen atoms in total. The van der Waals surface area contributed by atoms with Gasteiger partial charge in [0.25, 0.3) is 0 Å². The van der Waals surface area contributed by atoms with Gasteiger partial charge in [-0.05, 0) is 49.4 Å². The van der Waals surface area contributed by atoms with Gasteiger partial charge in [-0.15, -0.1) is 0 Å². The third-order valence-electron chi connectivity index (χ3n) is 5.32. The Hall–Kier alpha value is -0.120. The fourth-order valence-corrected chi connectivity index (χ4v) is 3.72. The summed E-state index contributed by atoms with van der Waals surface area (Å²) in [7, 11) is 0. The Balaban J connectivity index is 1.87. The fourth-order valence-electron chi connectivity index (χ4n) is 3.72. The molecule has 19 heavy (non-hydrogen) atoms. The van der Waals surface area contributed by atoms with E-state index in [1.54, 1.807) is 0 Å². The van der Waals surface area contributed by atoms with Gasteiger partial charge in [0.15, 0.2) is 0 Å². The van der Waals surface area contributed by atoms with Crippen molar-refractivity contribution in [2.75, 3.05) is 19.6 Å². The topological polar surface area (TPSA) is 49.5 Å². The number of aliphatic hydroxyl groups is 1. The van der Waals surface area contributed by atoms with E-state index in [0.717, 1.165) is 38.4 Å². The maximum Gasteiger partial charge on any atom is 0.0564 e. The third kappa shape index (κ3) is 4.17. The van der Waals surface area contributed by atoms with Crippen LogP contribution in [0.1, 0.15) is 52.9 Å². The van der Waals surface area contributed by atoms with Crippen LogP contribution < -0.4 is 5.73 Å². The zero-order valence-electron chi connectivity index (χ0n) is 12.9. The Kier molecular flexibility index (Phi) is 4.91. The molecular formula is C16H32N2O. The molecule has 3 N–H and O–H groups in total. The van der Waals surface area contributed by atoms with Crippen LogP contribution in [0.15, 0.2) is 0 Å². The lowest BCUT2D eigenvalue weighted by Crippen LogP contribution is -2.47. The largest absolute Gasteiger partial charge is 0.393 e. The van der Waals surface area contributed by atoms with Crippen LogP contribution in [0.5, 0.6) is 0 Å². The molecule has 1 aliphatic carbocycles. The molecule has 1 saturated heterocycles. The molecule has 0 aromatic carbocycles. The van der Waals surface area contributed by atoms with Crippen LogP contribution in [0.3, 0.4) is 0 Å². The van der Waals surface area contributed by atoms with E-state index in [0.29, 0.717) is 17.4 Å². The molecule has 0 radical (unpaired) electrons. The van der Waals surface area contributed by atoms with Crippen molar-refractivity contribution in [3.05, 3.63) is 0 Å². The quantitative estimate of drug-likeness (QED) is 0.807. The van der Waals surface area contributed by atoms with Crippen molar-refractivity contribution < 1.29 is 5.11 Å². The van der Waals surface area contributed by atoms with Crippen LogP contribution in [-0.4, -0.2) is 41.8 Å². The second kappa shape index (κ2) is 6.11. The second-order valence-corrected chi connectivity index (χ2v) is 7.83. The highest BCUT2D eigenvalue weighted by Crippen LogP contribution is 2.40. The molecule has 1 saturated carbocycles. The van der Waals surface area contributed by atoms with Gasteiger partial charge in [-0.1, -0.05) is 20.8 Å². The Labute approximate surface area is 118 Å². The number of hydrogen-bond donors (Lipinski definition) is 2. The summed E-state index contributed by atoms with van der Waals surface area (Å²) in [5, 5.41) is 9.58. The van der Waals surface area contributed by atoms with E-state index in [1.807, 2.05) is 0 Å². The Morgan fingerprint density at radius 2 is 1.74 bits per heavy atom. The van der Waals surface area contributed by atoms with E-state index in [9.17, 15) is 5.11 Å². The third-order valence-corrected chi connectivity index (χ3v) is 5.32. The summed E-state index contributed by atoms with van der Waals surface area (Å²) in [6, 6.07) is 0.380. The van der Waals surface area contributed by atoms with Gasteiger partial charge in [0.2, 0.25) is 0 Å². The normalized spacial score (nSPS) is 35.5. The zero-order chi connectivity index (χ0) is 14.0. The Morgan fingerprint density at radius 1 is 1.11 bits per heavy atom. The van der Waals surface area contributed by atoms with Crippen molar-refractivity contribution in [1.29, 1.82) is 0 Å². The molecule has 3 unspecified atom stereocenters. The standard InChI is InChI=1S/C16H32N2O/c1-16(2,3)13-4-5-15(17)12(10-13)11-18-8-6-14(19)7-9-18/h12-15,19H,4-11,17H2,1-3H3. The van der Waals surface area contributed by atoms with Gasteiger partial charge < -0.3 is 15.7 Å². The lowest BCUT2D eigenvalue weighted by atomic mass is 9.67. The number of nitrogens with two attached hydrogens (primary N) is 1. The molecule has 0 amide bonds. The van der Waals surface area contributed by atoms with Crippen molar-refractivity contribution in [3.8, 4) is 0 Å². The Morgan fingerprint density at radius 3 is 2.32 bits per heavy atom. The highest BCUT2D eigenvalue weighted by Gasteiger charge is 2.35. The van der Waals surface area contributed by atoms with Crippen molar-refractivity contribution in [2.45, 2.75) is 65.0 Å². The van der Waals surface area contributed by atoms with E-state index < -0.39 is 0 Å². The van der Waals surface area contributed by atoms with E-state index in [4.69, 9.17) is 5.73 Å². The maximum absolute atomic E-state index is 9.58. The molecule has 3 heteroatoms. The van der Waals surface area contributed by atoms with Crippen LogP contribution in [0.25, 0.3) is 0 Å². The number of likely N-dealkylation sites (tertiary alicyclic amines) is 1. The monoisotopic (exact) mass is 268 g/mol. The zero-order valence-corrected chi connectivity index (χ0v) is 12.9. The molecule has 1 heterocycles.